The minimum absolute atomic E-state index is 0.134. The zero-order chi connectivity index (χ0) is 15.1. The first-order chi connectivity index (χ1) is 10.2. The predicted molar refractivity (Wildman–Crippen MR) is 90.0 cm³/mol. The lowest BCUT2D eigenvalue weighted by molar-refractivity contribution is 0.164. The lowest BCUT2D eigenvalue weighted by Crippen LogP contribution is -2.46. The van der Waals surface area contributed by atoms with E-state index in [4.69, 9.17) is 0 Å². The molecular formula is C18H30N2O. The molecule has 0 saturated heterocycles. The highest BCUT2D eigenvalue weighted by molar-refractivity contribution is 5.55. The Morgan fingerprint density at radius 3 is 2.90 bits per heavy atom. The number of anilines is 1. The minimum atomic E-state index is -0.134. The van der Waals surface area contributed by atoms with Crippen molar-refractivity contribution < 1.29 is 5.11 Å². The fourth-order valence-corrected chi connectivity index (χ4v) is 3.15. The van der Waals surface area contributed by atoms with Gasteiger partial charge >= 0.3 is 0 Å². The molecule has 1 atom stereocenters. The van der Waals surface area contributed by atoms with E-state index in [1.807, 2.05) is 0 Å². The summed E-state index contributed by atoms with van der Waals surface area (Å²) >= 11 is 0. The third-order valence-corrected chi connectivity index (χ3v) is 4.51. The van der Waals surface area contributed by atoms with Crippen LogP contribution >= 0.6 is 0 Å². The molecule has 1 heterocycles. The van der Waals surface area contributed by atoms with E-state index < -0.39 is 0 Å². The quantitative estimate of drug-likeness (QED) is 0.772. The molecule has 3 heteroatoms. The summed E-state index contributed by atoms with van der Waals surface area (Å²) in [7, 11) is 0. The van der Waals surface area contributed by atoms with Gasteiger partial charge in [-0.1, -0.05) is 25.1 Å². The summed E-state index contributed by atoms with van der Waals surface area (Å²) in [6.07, 6.45) is 5.70. The van der Waals surface area contributed by atoms with Crippen molar-refractivity contribution in [1.29, 1.82) is 0 Å². The summed E-state index contributed by atoms with van der Waals surface area (Å²) < 4.78 is 0. The number of aliphatic hydroxyl groups is 1. The van der Waals surface area contributed by atoms with Crippen molar-refractivity contribution in [3.05, 3.63) is 29.8 Å². The van der Waals surface area contributed by atoms with Crippen molar-refractivity contribution in [2.24, 2.45) is 0 Å². The highest BCUT2D eigenvalue weighted by atomic mass is 16.3. The van der Waals surface area contributed by atoms with Crippen LogP contribution in [0.1, 0.15) is 45.1 Å². The van der Waals surface area contributed by atoms with Gasteiger partial charge < -0.3 is 15.3 Å². The van der Waals surface area contributed by atoms with E-state index in [2.05, 4.69) is 48.3 Å². The second-order valence-electron chi connectivity index (χ2n) is 6.47. The largest absolute Gasteiger partial charge is 0.394 e. The van der Waals surface area contributed by atoms with Crippen molar-refractivity contribution in [1.82, 2.24) is 5.32 Å². The summed E-state index contributed by atoms with van der Waals surface area (Å²) in [6, 6.07) is 8.77. The number of rotatable bonds is 8. The number of hydrogen-bond donors (Lipinski definition) is 2. The SMILES string of the molecule is CCCNC(C)(CO)CCCN1CCCc2ccccc21. The first-order valence-corrected chi connectivity index (χ1v) is 8.37. The minimum Gasteiger partial charge on any atom is -0.394 e. The molecule has 0 radical (unpaired) electrons. The fourth-order valence-electron chi connectivity index (χ4n) is 3.15. The molecule has 2 rings (SSSR count). The second kappa shape index (κ2) is 7.81. The van der Waals surface area contributed by atoms with Crippen LogP contribution < -0.4 is 10.2 Å². The van der Waals surface area contributed by atoms with Crippen LogP contribution in [0, 0.1) is 0 Å². The number of para-hydroxylation sites is 1. The van der Waals surface area contributed by atoms with Crippen LogP contribution in [-0.4, -0.2) is 36.9 Å². The molecule has 1 aliphatic rings. The van der Waals surface area contributed by atoms with Crippen LogP contribution in [0.4, 0.5) is 5.69 Å². The Hall–Kier alpha value is -1.06. The van der Waals surface area contributed by atoms with Gasteiger partial charge in [0.15, 0.2) is 0 Å². The predicted octanol–water partition coefficient (Wildman–Crippen LogP) is 2.97. The van der Waals surface area contributed by atoms with E-state index in [-0.39, 0.29) is 12.1 Å². The summed E-state index contributed by atoms with van der Waals surface area (Å²) in [5, 5.41) is 13.1. The number of fused-ring (bicyclic) bond motifs is 1. The average Bonchev–Trinajstić information content (AvgIpc) is 2.53. The molecule has 21 heavy (non-hydrogen) atoms. The zero-order valence-corrected chi connectivity index (χ0v) is 13.6. The Balaban J connectivity index is 1.86. The first kappa shape index (κ1) is 16.3. The van der Waals surface area contributed by atoms with Gasteiger partial charge in [-0.15, -0.1) is 0 Å². The number of hydrogen-bond acceptors (Lipinski definition) is 3. The Bertz CT molecular complexity index is 435. The maximum atomic E-state index is 9.63. The van der Waals surface area contributed by atoms with Gasteiger partial charge in [-0.25, -0.2) is 0 Å². The Morgan fingerprint density at radius 1 is 1.33 bits per heavy atom. The van der Waals surface area contributed by atoms with Crippen LogP contribution in [0.2, 0.25) is 0 Å². The van der Waals surface area contributed by atoms with Crippen molar-refractivity contribution in [2.75, 3.05) is 31.1 Å². The topological polar surface area (TPSA) is 35.5 Å². The zero-order valence-electron chi connectivity index (χ0n) is 13.6. The van der Waals surface area contributed by atoms with Crippen LogP contribution in [0.15, 0.2) is 24.3 Å². The summed E-state index contributed by atoms with van der Waals surface area (Å²) in [5.74, 6) is 0. The monoisotopic (exact) mass is 290 g/mol. The second-order valence-corrected chi connectivity index (χ2v) is 6.47. The number of nitrogens with one attached hydrogen (secondary N) is 1. The molecule has 2 N–H and O–H groups in total. The summed E-state index contributed by atoms with van der Waals surface area (Å²) in [5.41, 5.74) is 2.76. The van der Waals surface area contributed by atoms with Gasteiger partial charge in [-0.05, 0) is 57.2 Å². The molecule has 0 fully saturated rings. The highest BCUT2D eigenvalue weighted by Crippen LogP contribution is 2.27. The van der Waals surface area contributed by atoms with Crippen molar-refractivity contribution in [2.45, 2.75) is 51.5 Å². The van der Waals surface area contributed by atoms with E-state index in [9.17, 15) is 5.11 Å². The third kappa shape index (κ3) is 4.45. The van der Waals surface area contributed by atoms with E-state index >= 15 is 0 Å². The van der Waals surface area contributed by atoms with Gasteiger partial charge in [0.1, 0.15) is 0 Å². The smallest absolute Gasteiger partial charge is 0.0610 e. The van der Waals surface area contributed by atoms with Gasteiger partial charge in [0, 0.05) is 24.3 Å². The lowest BCUT2D eigenvalue weighted by atomic mass is 9.95. The van der Waals surface area contributed by atoms with Crippen molar-refractivity contribution in [3.63, 3.8) is 0 Å². The van der Waals surface area contributed by atoms with Gasteiger partial charge in [0.25, 0.3) is 0 Å². The van der Waals surface area contributed by atoms with Crippen LogP contribution in [0.25, 0.3) is 0 Å². The van der Waals surface area contributed by atoms with Crippen LogP contribution in [0.5, 0.6) is 0 Å². The lowest BCUT2D eigenvalue weighted by Gasteiger charge is -2.33. The molecule has 1 unspecified atom stereocenters. The van der Waals surface area contributed by atoms with Gasteiger partial charge in [0.2, 0.25) is 0 Å². The first-order valence-electron chi connectivity index (χ1n) is 8.37. The highest BCUT2D eigenvalue weighted by Gasteiger charge is 2.23. The van der Waals surface area contributed by atoms with Gasteiger partial charge in [-0.3, -0.25) is 0 Å². The molecule has 1 aliphatic heterocycles. The Kier molecular flexibility index (Phi) is 6.07. The maximum absolute atomic E-state index is 9.63. The number of benzene rings is 1. The number of aliphatic hydroxyl groups excluding tert-OH is 1. The molecule has 0 saturated carbocycles. The molecule has 1 aromatic carbocycles. The third-order valence-electron chi connectivity index (χ3n) is 4.51. The fraction of sp³-hybridized carbons (Fsp3) is 0.667. The molecule has 0 aliphatic carbocycles. The number of aryl methyl sites for hydroxylation is 1. The van der Waals surface area contributed by atoms with E-state index in [0.29, 0.717) is 0 Å². The molecule has 0 aromatic heterocycles. The molecule has 0 amide bonds. The van der Waals surface area contributed by atoms with E-state index in [0.717, 1.165) is 38.9 Å². The molecule has 1 aromatic rings. The summed E-state index contributed by atoms with van der Waals surface area (Å²) in [6.45, 7) is 7.73. The van der Waals surface area contributed by atoms with E-state index in [1.165, 1.54) is 24.1 Å². The maximum Gasteiger partial charge on any atom is 0.0610 e. The molecule has 0 bridgehead atoms. The van der Waals surface area contributed by atoms with Crippen molar-refractivity contribution >= 4 is 5.69 Å². The molecular weight excluding hydrogens is 260 g/mol. The van der Waals surface area contributed by atoms with Gasteiger partial charge in [-0.2, -0.15) is 0 Å². The van der Waals surface area contributed by atoms with E-state index in [1.54, 1.807) is 0 Å². The average molecular weight is 290 g/mol. The number of nitrogens with zero attached hydrogens (tertiary/aromatic N) is 1. The van der Waals surface area contributed by atoms with Gasteiger partial charge in [0.05, 0.1) is 6.61 Å². The van der Waals surface area contributed by atoms with Crippen LogP contribution in [0.3, 0.4) is 0 Å². The molecule has 0 spiro atoms. The molecule has 3 nitrogen and oxygen atoms in total. The normalized spacial score (nSPS) is 17.4. The Labute approximate surface area is 129 Å². The van der Waals surface area contributed by atoms with Crippen LogP contribution in [-0.2, 0) is 6.42 Å². The molecule has 118 valence electrons. The standard InChI is InChI=1S/C18H30N2O/c1-3-12-19-18(2,15-21)11-7-14-20-13-6-9-16-8-4-5-10-17(16)20/h4-5,8,10,19,21H,3,6-7,9,11-15H2,1-2H3. The summed E-state index contributed by atoms with van der Waals surface area (Å²) in [4.78, 5) is 2.51. The Morgan fingerprint density at radius 2 is 2.14 bits per heavy atom. The van der Waals surface area contributed by atoms with Crippen molar-refractivity contribution in [3.8, 4) is 0 Å².